The van der Waals surface area contributed by atoms with Crippen molar-refractivity contribution in [1.29, 1.82) is 0 Å². The summed E-state index contributed by atoms with van der Waals surface area (Å²) in [6.45, 7) is 5.45. The van der Waals surface area contributed by atoms with Gasteiger partial charge >= 0.3 is 0 Å². The molecule has 0 saturated heterocycles. The average Bonchev–Trinajstić information content (AvgIpc) is 2.78. The van der Waals surface area contributed by atoms with Gasteiger partial charge in [-0.2, -0.15) is 11.8 Å². The Morgan fingerprint density at radius 3 is 2.88 bits per heavy atom. The van der Waals surface area contributed by atoms with Crippen LogP contribution in [0.5, 0.6) is 0 Å². The Morgan fingerprint density at radius 2 is 2.12 bits per heavy atom. The lowest BCUT2D eigenvalue weighted by Crippen LogP contribution is -2.33. The van der Waals surface area contributed by atoms with Gasteiger partial charge in [0.1, 0.15) is 0 Å². The largest absolute Gasteiger partial charge is 0.309 e. The zero-order valence-corrected chi connectivity index (χ0v) is 11.9. The highest BCUT2D eigenvalue weighted by Gasteiger charge is 2.25. The fourth-order valence-electron chi connectivity index (χ4n) is 2.69. The van der Waals surface area contributed by atoms with Gasteiger partial charge in [-0.3, -0.25) is 0 Å². The first-order valence-corrected chi connectivity index (χ1v) is 7.82. The number of thioether (sulfide) groups is 1. The third-order valence-electron chi connectivity index (χ3n) is 4.03. The van der Waals surface area contributed by atoms with Gasteiger partial charge in [-0.1, -0.05) is 24.6 Å². The monoisotopic (exact) mass is 249 g/mol. The molecule has 2 unspecified atom stereocenters. The maximum atomic E-state index is 3.75. The van der Waals surface area contributed by atoms with E-state index in [-0.39, 0.29) is 0 Å². The summed E-state index contributed by atoms with van der Waals surface area (Å²) < 4.78 is 0. The van der Waals surface area contributed by atoms with Crippen molar-refractivity contribution in [2.24, 2.45) is 0 Å². The SMILES string of the molecule is CSC1CCCC1NCc1cccc(C)c1C. The second-order valence-electron chi connectivity index (χ2n) is 5.05. The van der Waals surface area contributed by atoms with Crippen molar-refractivity contribution < 1.29 is 0 Å². The second-order valence-corrected chi connectivity index (χ2v) is 6.13. The van der Waals surface area contributed by atoms with Gasteiger partial charge in [0.2, 0.25) is 0 Å². The van der Waals surface area contributed by atoms with E-state index >= 15 is 0 Å². The lowest BCUT2D eigenvalue weighted by Gasteiger charge is -2.20. The van der Waals surface area contributed by atoms with Crippen molar-refractivity contribution in [1.82, 2.24) is 5.32 Å². The molecule has 0 radical (unpaired) electrons. The molecule has 0 aromatic heterocycles. The number of hydrogen-bond donors (Lipinski definition) is 1. The van der Waals surface area contributed by atoms with Crippen LogP contribution in [-0.4, -0.2) is 17.5 Å². The van der Waals surface area contributed by atoms with Crippen LogP contribution in [0.1, 0.15) is 36.0 Å². The minimum atomic E-state index is 0.713. The number of rotatable bonds is 4. The van der Waals surface area contributed by atoms with Gasteiger partial charge in [0.15, 0.2) is 0 Å². The molecule has 1 aromatic rings. The maximum Gasteiger partial charge on any atom is 0.0211 e. The van der Waals surface area contributed by atoms with Crippen LogP contribution >= 0.6 is 11.8 Å². The first-order valence-electron chi connectivity index (χ1n) is 6.53. The first kappa shape index (κ1) is 13.0. The lowest BCUT2D eigenvalue weighted by molar-refractivity contribution is 0.531. The van der Waals surface area contributed by atoms with Crippen molar-refractivity contribution >= 4 is 11.8 Å². The number of aryl methyl sites for hydroxylation is 1. The first-order chi connectivity index (χ1) is 8.22. The summed E-state index contributed by atoms with van der Waals surface area (Å²) in [4.78, 5) is 0. The topological polar surface area (TPSA) is 12.0 Å². The lowest BCUT2D eigenvalue weighted by atomic mass is 10.0. The molecule has 0 heterocycles. The van der Waals surface area contributed by atoms with Gasteiger partial charge in [-0.05, 0) is 49.6 Å². The quantitative estimate of drug-likeness (QED) is 0.873. The Kier molecular flexibility index (Phi) is 4.52. The smallest absolute Gasteiger partial charge is 0.0211 e. The van der Waals surface area contributed by atoms with E-state index < -0.39 is 0 Å². The summed E-state index contributed by atoms with van der Waals surface area (Å²) in [6, 6.07) is 7.32. The summed E-state index contributed by atoms with van der Waals surface area (Å²) in [7, 11) is 0. The molecule has 2 rings (SSSR count). The van der Waals surface area contributed by atoms with Crippen LogP contribution in [0.15, 0.2) is 18.2 Å². The highest BCUT2D eigenvalue weighted by molar-refractivity contribution is 7.99. The maximum absolute atomic E-state index is 3.75. The van der Waals surface area contributed by atoms with Crippen molar-refractivity contribution in [3.8, 4) is 0 Å². The van der Waals surface area contributed by atoms with Gasteiger partial charge < -0.3 is 5.32 Å². The van der Waals surface area contributed by atoms with E-state index in [0.717, 1.165) is 11.8 Å². The zero-order chi connectivity index (χ0) is 12.3. The highest BCUT2D eigenvalue weighted by Crippen LogP contribution is 2.28. The number of hydrogen-bond acceptors (Lipinski definition) is 2. The summed E-state index contributed by atoms with van der Waals surface area (Å²) in [5.74, 6) is 0. The van der Waals surface area contributed by atoms with Crippen LogP contribution < -0.4 is 5.32 Å². The number of nitrogens with one attached hydrogen (secondary N) is 1. The van der Waals surface area contributed by atoms with Crippen LogP contribution in [0.3, 0.4) is 0 Å². The van der Waals surface area contributed by atoms with Crippen molar-refractivity contribution in [3.05, 3.63) is 34.9 Å². The van der Waals surface area contributed by atoms with Crippen LogP contribution in [0.4, 0.5) is 0 Å². The minimum absolute atomic E-state index is 0.713. The molecule has 0 bridgehead atoms. The molecule has 1 aliphatic carbocycles. The molecule has 2 atom stereocenters. The molecule has 17 heavy (non-hydrogen) atoms. The van der Waals surface area contributed by atoms with Gasteiger partial charge in [-0.25, -0.2) is 0 Å². The Morgan fingerprint density at radius 1 is 1.29 bits per heavy atom. The van der Waals surface area contributed by atoms with E-state index in [9.17, 15) is 0 Å². The van der Waals surface area contributed by atoms with Crippen molar-refractivity contribution in [2.45, 2.75) is 50.9 Å². The van der Waals surface area contributed by atoms with E-state index in [0.29, 0.717) is 6.04 Å². The molecule has 1 N–H and O–H groups in total. The third-order valence-corrected chi connectivity index (χ3v) is 5.20. The Hall–Kier alpha value is -0.470. The molecular weight excluding hydrogens is 226 g/mol. The highest BCUT2D eigenvalue weighted by atomic mass is 32.2. The number of benzene rings is 1. The predicted octanol–water partition coefficient (Wildman–Crippen LogP) is 3.68. The normalized spacial score (nSPS) is 24.2. The van der Waals surface area contributed by atoms with Gasteiger partial charge in [0, 0.05) is 17.8 Å². The molecule has 1 aromatic carbocycles. The Labute approximate surface area is 109 Å². The standard InChI is InChI=1S/C15H23NS/c1-11-6-4-7-13(12(11)2)10-16-14-8-5-9-15(14)17-3/h4,6-7,14-16H,5,8-10H2,1-3H3. The zero-order valence-electron chi connectivity index (χ0n) is 11.1. The van der Waals surface area contributed by atoms with Crippen molar-refractivity contribution in [2.75, 3.05) is 6.26 Å². The van der Waals surface area contributed by atoms with Crippen molar-refractivity contribution in [3.63, 3.8) is 0 Å². The fraction of sp³-hybridized carbons (Fsp3) is 0.600. The van der Waals surface area contributed by atoms with E-state index in [1.54, 1.807) is 0 Å². The van der Waals surface area contributed by atoms with Gasteiger partial charge in [-0.15, -0.1) is 0 Å². The Balaban J connectivity index is 1.95. The van der Waals surface area contributed by atoms with E-state index in [4.69, 9.17) is 0 Å². The average molecular weight is 249 g/mol. The van der Waals surface area contributed by atoms with E-state index in [2.05, 4.69) is 43.6 Å². The van der Waals surface area contributed by atoms with Gasteiger partial charge in [0.05, 0.1) is 0 Å². The van der Waals surface area contributed by atoms with Crippen LogP contribution in [0.25, 0.3) is 0 Å². The van der Waals surface area contributed by atoms with Crippen LogP contribution in [-0.2, 0) is 6.54 Å². The van der Waals surface area contributed by atoms with Gasteiger partial charge in [0.25, 0.3) is 0 Å². The fourth-order valence-corrected chi connectivity index (χ4v) is 3.65. The second kappa shape index (κ2) is 5.92. The Bertz CT molecular complexity index is 375. The van der Waals surface area contributed by atoms with E-state index in [1.165, 1.54) is 36.0 Å². The third kappa shape index (κ3) is 3.05. The van der Waals surface area contributed by atoms with Crippen LogP contribution in [0, 0.1) is 13.8 Å². The molecule has 2 heteroatoms. The molecule has 94 valence electrons. The van der Waals surface area contributed by atoms with Crippen LogP contribution in [0.2, 0.25) is 0 Å². The molecule has 1 saturated carbocycles. The molecule has 1 nitrogen and oxygen atoms in total. The molecular formula is C15H23NS. The van der Waals surface area contributed by atoms with E-state index in [1.807, 2.05) is 11.8 Å². The summed E-state index contributed by atoms with van der Waals surface area (Å²) in [6.07, 6.45) is 6.35. The summed E-state index contributed by atoms with van der Waals surface area (Å²) in [5.41, 5.74) is 4.30. The predicted molar refractivity (Wildman–Crippen MR) is 77.7 cm³/mol. The summed E-state index contributed by atoms with van der Waals surface area (Å²) >= 11 is 2.02. The minimum Gasteiger partial charge on any atom is -0.309 e. The summed E-state index contributed by atoms with van der Waals surface area (Å²) in [5, 5.41) is 4.57. The molecule has 0 amide bonds. The molecule has 0 spiro atoms. The molecule has 1 aliphatic rings. The molecule has 1 fully saturated rings. The molecule has 0 aliphatic heterocycles.